The normalized spacial score (nSPS) is 11.7. The maximum Gasteiger partial charge on any atom is 0.256 e. The highest BCUT2D eigenvalue weighted by Crippen LogP contribution is 2.29. The van der Waals surface area contributed by atoms with E-state index in [1.54, 1.807) is 4.68 Å². The van der Waals surface area contributed by atoms with Crippen molar-refractivity contribution in [1.82, 2.24) is 14.3 Å². The SMILES string of the molecule is Cc1cc(NC(=O)c2ccc3cc(C(C)C)n(C(C)C)c3c2)nn1C. The monoisotopic (exact) mass is 338 g/mol. The standard InChI is InChI=1S/C20H26N4O/c1-12(2)17-10-15-7-8-16(11-18(15)24(17)13(3)4)20(25)21-19-9-14(5)23(6)22-19/h7-13H,1-6H3,(H,21,22,25). The average Bonchev–Trinajstić information content (AvgIpc) is 3.07. The highest BCUT2D eigenvalue weighted by Gasteiger charge is 2.16. The summed E-state index contributed by atoms with van der Waals surface area (Å²) in [6.07, 6.45) is 0. The van der Waals surface area contributed by atoms with Gasteiger partial charge in [-0.2, -0.15) is 5.10 Å². The van der Waals surface area contributed by atoms with Gasteiger partial charge in [0.05, 0.1) is 0 Å². The highest BCUT2D eigenvalue weighted by molar-refractivity contribution is 6.05. The van der Waals surface area contributed by atoms with Crippen LogP contribution in [0.5, 0.6) is 0 Å². The number of amides is 1. The molecule has 0 radical (unpaired) electrons. The topological polar surface area (TPSA) is 51.9 Å². The van der Waals surface area contributed by atoms with Gasteiger partial charge in [-0.05, 0) is 50.3 Å². The highest BCUT2D eigenvalue weighted by atomic mass is 16.1. The molecule has 0 fully saturated rings. The molecule has 0 unspecified atom stereocenters. The molecule has 2 heterocycles. The lowest BCUT2D eigenvalue weighted by molar-refractivity contribution is 0.102. The van der Waals surface area contributed by atoms with Gasteiger partial charge in [0.1, 0.15) is 0 Å². The predicted molar refractivity (Wildman–Crippen MR) is 102 cm³/mol. The zero-order chi connectivity index (χ0) is 18.3. The van der Waals surface area contributed by atoms with E-state index in [2.05, 4.69) is 48.7 Å². The molecule has 3 rings (SSSR count). The maximum absolute atomic E-state index is 12.6. The molecular weight excluding hydrogens is 312 g/mol. The minimum Gasteiger partial charge on any atom is -0.342 e. The van der Waals surface area contributed by atoms with Gasteiger partial charge in [-0.3, -0.25) is 9.48 Å². The third-order valence-corrected chi connectivity index (χ3v) is 4.60. The fourth-order valence-electron chi connectivity index (χ4n) is 3.21. The van der Waals surface area contributed by atoms with Crippen molar-refractivity contribution in [2.75, 3.05) is 5.32 Å². The third-order valence-electron chi connectivity index (χ3n) is 4.60. The van der Waals surface area contributed by atoms with Crippen LogP contribution in [0.4, 0.5) is 5.82 Å². The summed E-state index contributed by atoms with van der Waals surface area (Å²) >= 11 is 0. The summed E-state index contributed by atoms with van der Waals surface area (Å²) in [5.41, 5.74) is 4.04. The molecule has 0 aliphatic carbocycles. The zero-order valence-corrected chi connectivity index (χ0v) is 15.8. The molecular formula is C20H26N4O. The Morgan fingerprint density at radius 1 is 1.12 bits per heavy atom. The quantitative estimate of drug-likeness (QED) is 0.753. The summed E-state index contributed by atoms with van der Waals surface area (Å²) in [5, 5.41) is 8.34. The Hall–Kier alpha value is -2.56. The van der Waals surface area contributed by atoms with Gasteiger partial charge in [-0.1, -0.05) is 19.9 Å². The van der Waals surface area contributed by atoms with Crippen LogP contribution < -0.4 is 5.32 Å². The minimum absolute atomic E-state index is 0.136. The number of hydrogen-bond donors (Lipinski definition) is 1. The number of anilines is 1. The number of nitrogens with one attached hydrogen (secondary N) is 1. The minimum atomic E-state index is -0.136. The fourth-order valence-corrected chi connectivity index (χ4v) is 3.21. The molecule has 1 aromatic carbocycles. The molecule has 0 bridgehead atoms. The maximum atomic E-state index is 12.6. The molecule has 0 spiro atoms. The van der Waals surface area contributed by atoms with E-state index in [1.807, 2.05) is 38.2 Å². The first-order valence-corrected chi connectivity index (χ1v) is 8.74. The largest absolute Gasteiger partial charge is 0.342 e. The lowest BCUT2D eigenvalue weighted by Gasteiger charge is -2.17. The number of hydrogen-bond acceptors (Lipinski definition) is 2. The van der Waals surface area contributed by atoms with E-state index in [0.29, 0.717) is 23.3 Å². The second-order valence-electron chi connectivity index (χ2n) is 7.21. The Morgan fingerprint density at radius 3 is 2.40 bits per heavy atom. The average molecular weight is 338 g/mol. The summed E-state index contributed by atoms with van der Waals surface area (Å²) < 4.78 is 4.07. The van der Waals surface area contributed by atoms with Crippen LogP contribution >= 0.6 is 0 Å². The molecule has 0 saturated carbocycles. The van der Waals surface area contributed by atoms with Crippen molar-refractivity contribution in [2.24, 2.45) is 7.05 Å². The molecule has 0 aliphatic heterocycles. The van der Waals surface area contributed by atoms with E-state index in [4.69, 9.17) is 0 Å². The van der Waals surface area contributed by atoms with E-state index >= 15 is 0 Å². The first-order chi connectivity index (χ1) is 11.8. The van der Waals surface area contributed by atoms with Crippen molar-refractivity contribution in [1.29, 1.82) is 0 Å². The van der Waals surface area contributed by atoms with Gasteiger partial charge in [-0.15, -0.1) is 0 Å². The van der Waals surface area contributed by atoms with E-state index < -0.39 is 0 Å². The Morgan fingerprint density at radius 2 is 1.84 bits per heavy atom. The number of nitrogens with zero attached hydrogens (tertiary/aromatic N) is 3. The van der Waals surface area contributed by atoms with Crippen LogP contribution in [0.3, 0.4) is 0 Å². The summed E-state index contributed by atoms with van der Waals surface area (Å²) in [6.45, 7) is 10.7. The van der Waals surface area contributed by atoms with Crippen LogP contribution in [0.25, 0.3) is 10.9 Å². The molecule has 5 nitrogen and oxygen atoms in total. The van der Waals surface area contributed by atoms with Crippen LogP contribution in [0.15, 0.2) is 30.3 Å². The Bertz CT molecular complexity index is 911. The van der Waals surface area contributed by atoms with Crippen molar-refractivity contribution in [3.63, 3.8) is 0 Å². The Balaban J connectivity index is 1.99. The predicted octanol–water partition coefficient (Wildman–Crippen LogP) is 4.64. The van der Waals surface area contributed by atoms with E-state index in [9.17, 15) is 4.79 Å². The van der Waals surface area contributed by atoms with Gasteiger partial charge in [0, 0.05) is 41.6 Å². The number of carbonyl (C=O) groups is 1. The van der Waals surface area contributed by atoms with Crippen LogP contribution in [-0.2, 0) is 7.05 Å². The van der Waals surface area contributed by atoms with Gasteiger partial charge in [0.25, 0.3) is 5.91 Å². The molecule has 5 heteroatoms. The van der Waals surface area contributed by atoms with Crippen LogP contribution in [0.1, 0.15) is 61.4 Å². The Kier molecular flexibility index (Phi) is 4.41. The van der Waals surface area contributed by atoms with Gasteiger partial charge < -0.3 is 9.88 Å². The molecule has 132 valence electrons. The lowest BCUT2D eigenvalue weighted by atomic mass is 10.1. The van der Waals surface area contributed by atoms with Crippen molar-refractivity contribution < 1.29 is 4.79 Å². The summed E-state index contributed by atoms with van der Waals surface area (Å²) in [7, 11) is 1.86. The summed E-state index contributed by atoms with van der Waals surface area (Å²) in [5.74, 6) is 0.874. The van der Waals surface area contributed by atoms with Gasteiger partial charge >= 0.3 is 0 Å². The first kappa shape index (κ1) is 17.3. The van der Waals surface area contributed by atoms with Crippen LogP contribution in [0, 0.1) is 6.92 Å². The first-order valence-electron chi connectivity index (χ1n) is 8.74. The van der Waals surface area contributed by atoms with E-state index in [-0.39, 0.29) is 5.91 Å². The number of fused-ring (bicyclic) bond motifs is 1. The van der Waals surface area contributed by atoms with E-state index in [0.717, 1.165) is 11.2 Å². The number of aryl methyl sites for hydroxylation is 2. The summed E-state index contributed by atoms with van der Waals surface area (Å²) in [4.78, 5) is 12.6. The lowest BCUT2D eigenvalue weighted by Crippen LogP contribution is -2.13. The number of benzene rings is 1. The number of rotatable bonds is 4. The molecule has 3 aromatic rings. The second-order valence-corrected chi connectivity index (χ2v) is 7.21. The Labute approximate surface area is 148 Å². The van der Waals surface area contributed by atoms with Crippen LogP contribution in [0.2, 0.25) is 0 Å². The van der Waals surface area contributed by atoms with Gasteiger partial charge in [0.2, 0.25) is 0 Å². The summed E-state index contributed by atoms with van der Waals surface area (Å²) in [6, 6.07) is 10.3. The number of carbonyl (C=O) groups excluding carboxylic acids is 1. The fraction of sp³-hybridized carbons (Fsp3) is 0.400. The molecule has 0 saturated heterocycles. The van der Waals surface area contributed by atoms with Crippen molar-refractivity contribution in [3.8, 4) is 0 Å². The molecule has 25 heavy (non-hydrogen) atoms. The molecule has 1 amide bonds. The second kappa shape index (κ2) is 6.39. The van der Waals surface area contributed by atoms with E-state index in [1.165, 1.54) is 11.1 Å². The molecule has 1 N–H and O–H groups in total. The smallest absolute Gasteiger partial charge is 0.256 e. The third kappa shape index (κ3) is 3.18. The number of aromatic nitrogens is 3. The van der Waals surface area contributed by atoms with Crippen molar-refractivity contribution in [2.45, 2.75) is 46.6 Å². The zero-order valence-electron chi connectivity index (χ0n) is 15.8. The molecule has 0 aliphatic rings. The van der Waals surface area contributed by atoms with Crippen molar-refractivity contribution in [3.05, 3.63) is 47.3 Å². The van der Waals surface area contributed by atoms with Crippen LogP contribution in [-0.4, -0.2) is 20.3 Å². The van der Waals surface area contributed by atoms with Crippen molar-refractivity contribution >= 4 is 22.6 Å². The van der Waals surface area contributed by atoms with Gasteiger partial charge in [-0.25, -0.2) is 0 Å². The molecule has 0 atom stereocenters. The van der Waals surface area contributed by atoms with Gasteiger partial charge in [0.15, 0.2) is 5.82 Å². The molecule has 2 aromatic heterocycles.